The summed E-state index contributed by atoms with van der Waals surface area (Å²) in [6.45, 7) is 1.45. The summed E-state index contributed by atoms with van der Waals surface area (Å²) in [5.74, 6) is -1.33. The molecule has 0 saturated carbocycles. The van der Waals surface area contributed by atoms with Gasteiger partial charge in [0, 0.05) is 13.6 Å². The Bertz CT molecular complexity index is 498. The molecule has 1 aromatic carbocycles. The number of sulfonamides is 1. The smallest absolute Gasteiger partial charge is 0.323 e. The van der Waals surface area contributed by atoms with Crippen molar-refractivity contribution in [3.8, 4) is 0 Å². The molecule has 0 spiro atoms. The SMILES string of the molecule is CC(C(=O)O)S(=O)(=O)N(C)CCc1ccccc1. The van der Waals surface area contributed by atoms with Crippen molar-refractivity contribution in [3.05, 3.63) is 35.9 Å². The van der Waals surface area contributed by atoms with Crippen LogP contribution in [0.15, 0.2) is 30.3 Å². The van der Waals surface area contributed by atoms with Crippen LogP contribution in [0, 0.1) is 0 Å². The normalized spacial score (nSPS) is 13.5. The molecule has 0 saturated heterocycles. The zero-order valence-electron chi connectivity index (χ0n) is 10.4. The number of aliphatic carboxylic acids is 1. The number of benzene rings is 1. The molecule has 1 rings (SSSR count). The minimum atomic E-state index is -3.77. The molecule has 0 aliphatic carbocycles. The van der Waals surface area contributed by atoms with Gasteiger partial charge in [-0.15, -0.1) is 0 Å². The van der Waals surface area contributed by atoms with E-state index in [4.69, 9.17) is 5.11 Å². The highest BCUT2D eigenvalue weighted by molar-refractivity contribution is 7.90. The number of hydrogen-bond donors (Lipinski definition) is 1. The van der Waals surface area contributed by atoms with Crippen molar-refractivity contribution in [3.63, 3.8) is 0 Å². The first-order valence-electron chi connectivity index (χ1n) is 5.57. The molecule has 5 nitrogen and oxygen atoms in total. The highest BCUT2D eigenvalue weighted by Gasteiger charge is 2.31. The lowest BCUT2D eigenvalue weighted by Crippen LogP contribution is -2.39. The Morgan fingerprint density at radius 3 is 2.39 bits per heavy atom. The van der Waals surface area contributed by atoms with E-state index in [2.05, 4.69) is 0 Å². The van der Waals surface area contributed by atoms with Gasteiger partial charge in [0.1, 0.15) is 0 Å². The Morgan fingerprint density at radius 1 is 1.33 bits per heavy atom. The van der Waals surface area contributed by atoms with Gasteiger partial charge in [-0.25, -0.2) is 12.7 Å². The first-order valence-corrected chi connectivity index (χ1v) is 7.08. The van der Waals surface area contributed by atoms with Crippen LogP contribution in [0.4, 0.5) is 0 Å². The summed E-state index contributed by atoms with van der Waals surface area (Å²) in [6, 6.07) is 9.45. The molecule has 0 aliphatic heterocycles. The van der Waals surface area contributed by atoms with Crippen LogP contribution in [0.25, 0.3) is 0 Å². The number of rotatable bonds is 6. The number of carbonyl (C=O) groups is 1. The van der Waals surface area contributed by atoms with Crippen LogP contribution in [0.5, 0.6) is 0 Å². The van der Waals surface area contributed by atoms with Crippen LogP contribution >= 0.6 is 0 Å². The van der Waals surface area contributed by atoms with Gasteiger partial charge in [0.2, 0.25) is 10.0 Å². The second kappa shape index (κ2) is 5.97. The predicted octanol–water partition coefficient (Wildman–Crippen LogP) is 0.964. The van der Waals surface area contributed by atoms with E-state index in [-0.39, 0.29) is 6.54 Å². The molecule has 0 bridgehead atoms. The lowest BCUT2D eigenvalue weighted by molar-refractivity contribution is -0.136. The third-order valence-corrected chi connectivity index (χ3v) is 4.93. The summed E-state index contributed by atoms with van der Waals surface area (Å²) in [5.41, 5.74) is 1.02. The number of hydrogen-bond acceptors (Lipinski definition) is 3. The van der Waals surface area contributed by atoms with Gasteiger partial charge >= 0.3 is 5.97 Å². The predicted molar refractivity (Wildman–Crippen MR) is 68.8 cm³/mol. The summed E-state index contributed by atoms with van der Waals surface area (Å²) in [7, 11) is -2.37. The molecule has 1 unspecified atom stereocenters. The molecule has 18 heavy (non-hydrogen) atoms. The zero-order chi connectivity index (χ0) is 13.8. The van der Waals surface area contributed by atoms with E-state index >= 15 is 0 Å². The van der Waals surface area contributed by atoms with Gasteiger partial charge < -0.3 is 5.11 Å². The molecule has 0 aromatic heterocycles. The first kappa shape index (κ1) is 14.7. The molecule has 0 fully saturated rings. The number of likely N-dealkylation sites (N-methyl/N-ethyl adjacent to an activating group) is 1. The maximum atomic E-state index is 11.8. The molecular weight excluding hydrogens is 254 g/mol. The van der Waals surface area contributed by atoms with E-state index in [9.17, 15) is 13.2 Å². The van der Waals surface area contributed by atoms with E-state index in [1.165, 1.54) is 14.0 Å². The number of carboxylic acids is 1. The second-order valence-electron chi connectivity index (χ2n) is 4.08. The fraction of sp³-hybridized carbons (Fsp3) is 0.417. The van der Waals surface area contributed by atoms with Crippen molar-refractivity contribution in [2.45, 2.75) is 18.6 Å². The summed E-state index contributed by atoms with van der Waals surface area (Å²) < 4.78 is 24.8. The molecule has 1 atom stereocenters. The van der Waals surface area contributed by atoms with E-state index in [0.717, 1.165) is 9.87 Å². The van der Waals surface area contributed by atoms with E-state index in [1.807, 2.05) is 30.3 Å². The van der Waals surface area contributed by atoms with Crippen molar-refractivity contribution in [1.29, 1.82) is 0 Å². The van der Waals surface area contributed by atoms with Crippen LogP contribution < -0.4 is 0 Å². The van der Waals surface area contributed by atoms with Gasteiger partial charge in [0.25, 0.3) is 0 Å². The van der Waals surface area contributed by atoms with Gasteiger partial charge in [0.15, 0.2) is 5.25 Å². The Labute approximate surface area is 107 Å². The van der Waals surface area contributed by atoms with Crippen molar-refractivity contribution in [2.24, 2.45) is 0 Å². The Hall–Kier alpha value is -1.40. The molecule has 100 valence electrons. The lowest BCUT2D eigenvalue weighted by Gasteiger charge is -2.19. The summed E-state index contributed by atoms with van der Waals surface area (Å²) in [6.07, 6.45) is 0.558. The molecule has 0 radical (unpaired) electrons. The molecule has 6 heteroatoms. The van der Waals surface area contributed by atoms with E-state index in [0.29, 0.717) is 6.42 Å². The highest BCUT2D eigenvalue weighted by Crippen LogP contribution is 2.09. The zero-order valence-corrected chi connectivity index (χ0v) is 11.2. The van der Waals surface area contributed by atoms with Crippen molar-refractivity contribution in [2.75, 3.05) is 13.6 Å². The van der Waals surface area contributed by atoms with Crippen LogP contribution in [-0.2, 0) is 21.2 Å². The van der Waals surface area contributed by atoms with Crippen LogP contribution in [0.2, 0.25) is 0 Å². The molecule has 0 amide bonds. The van der Waals surface area contributed by atoms with Gasteiger partial charge in [0.05, 0.1) is 0 Å². The van der Waals surface area contributed by atoms with Crippen LogP contribution in [0.3, 0.4) is 0 Å². The van der Waals surface area contributed by atoms with E-state index < -0.39 is 21.2 Å². The average Bonchev–Trinajstić information content (AvgIpc) is 2.35. The summed E-state index contributed by atoms with van der Waals surface area (Å²) >= 11 is 0. The lowest BCUT2D eigenvalue weighted by atomic mass is 10.2. The van der Waals surface area contributed by atoms with Crippen molar-refractivity contribution in [1.82, 2.24) is 4.31 Å². The topological polar surface area (TPSA) is 74.7 Å². The van der Waals surface area contributed by atoms with Gasteiger partial charge in [-0.3, -0.25) is 4.79 Å². The van der Waals surface area contributed by atoms with Gasteiger partial charge in [-0.1, -0.05) is 30.3 Å². The molecule has 0 heterocycles. The maximum Gasteiger partial charge on any atom is 0.323 e. The fourth-order valence-electron chi connectivity index (χ4n) is 1.46. The monoisotopic (exact) mass is 271 g/mol. The molecule has 0 aliphatic rings. The first-order chi connectivity index (χ1) is 8.35. The minimum absolute atomic E-state index is 0.268. The fourth-order valence-corrected chi connectivity index (χ4v) is 2.60. The van der Waals surface area contributed by atoms with E-state index in [1.54, 1.807) is 0 Å². The van der Waals surface area contributed by atoms with Gasteiger partial charge in [-0.05, 0) is 18.9 Å². The summed E-state index contributed by atoms with van der Waals surface area (Å²) in [5, 5.41) is 7.33. The molecule has 1 N–H and O–H groups in total. The Morgan fingerprint density at radius 2 is 1.89 bits per heavy atom. The number of nitrogens with zero attached hydrogens (tertiary/aromatic N) is 1. The van der Waals surface area contributed by atoms with Crippen molar-refractivity contribution < 1.29 is 18.3 Å². The average molecular weight is 271 g/mol. The van der Waals surface area contributed by atoms with Crippen LogP contribution in [-0.4, -0.2) is 42.6 Å². The van der Waals surface area contributed by atoms with Crippen LogP contribution in [0.1, 0.15) is 12.5 Å². The molecule has 1 aromatic rings. The Kier molecular flexibility index (Phi) is 4.86. The highest BCUT2D eigenvalue weighted by atomic mass is 32.2. The third kappa shape index (κ3) is 3.54. The Balaban J connectivity index is 2.66. The largest absolute Gasteiger partial charge is 0.480 e. The maximum absolute atomic E-state index is 11.8. The number of carboxylic acid groups (broad SMARTS) is 1. The summed E-state index contributed by atoms with van der Waals surface area (Å²) in [4.78, 5) is 10.7. The second-order valence-corrected chi connectivity index (χ2v) is 6.44. The van der Waals surface area contributed by atoms with Gasteiger partial charge in [-0.2, -0.15) is 0 Å². The third-order valence-electron chi connectivity index (χ3n) is 2.79. The molecular formula is C12H17NO4S. The quantitative estimate of drug-likeness (QED) is 0.836. The van der Waals surface area contributed by atoms with Crippen molar-refractivity contribution >= 4 is 16.0 Å². The minimum Gasteiger partial charge on any atom is -0.480 e. The standard InChI is InChI=1S/C12H17NO4S/c1-10(12(14)15)18(16,17)13(2)9-8-11-6-4-3-5-7-11/h3-7,10H,8-9H2,1-2H3,(H,14,15).